The number of hydrogen-bond donors (Lipinski definition) is 0. The predicted molar refractivity (Wildman–Crippen MR) is 92.9 cm³/mol. The number of hydrogen-bond acceptors (Lipinski definition) is 3. The molecule has 4 heteroatoms. The quantitative estimate of drug-likeness (QED) is 0.769. The number of benzene rings is 1. The van der Waals surface area contributed by atoms with Crippen LogP contribution in [0.2, 0.25) is 0 Å². The molecule has 2 aromatic rings. The lowest BCUT2D eigenvalue weighted by atomic mass is 9.80. The summed E-state index contributed by atoms with van der Waals surface area (Å²) >= 11 is 1.73. The van der Waals surface area contributed by atoms with Gasteiger partial charge in [0.1, 0.15) is 0 Å². The first-order chi connectivity index (χ1) is 11.1. The Hall–Kier alpha value is -1.65. The smallest absolute Gasteiger partial charge is 0.224 e. The Morgan fingerprint density at radius 2 is 2.17 bits per heavy atom. The molecule has 1 saturated heterocycles. The van der Waals surface area contributed by atoms with E-state index in [0.29, 0.717) is 5.92 Å². The summed E-state index contributed by atoms with van der Waals surface area (Å²) in [5, 5.41) is 2.09. The number of carbonyl (C=O) groups is 1. The molecule has 0 bridgehead atoms. The molecule has 120 valence electrons. The second-order valence-corrected chi connectivity index (χ2v) is 7.59. The zero-order valence-electron chi connectivity index (χ0n) is 13.7. The van der Waals surface area contributed by atoms with E-state index in [1.807, 2.05) is 4.90 Å². The van der Waals surface area contributed by atoms with Crippen LogP contribution in [0.3, 0.4) is 0 Å². The number of carbonyl (C=O) groups excluding carboxylic acids is 1. The van der Waals surface area contributed by atoms with Gasteiger partial charge in [-0.2, -0.15) is 0 Å². The van der Waals surface area contributed by atoms with Crippen LogP contribution in [0.5, 0.6) is 0 Å². The minimum Gasteiger partial charge on any atom is -0.373 e. The Balaban J connectivity index is 1.97. The first-order valence-electron chi connectivity index (χ1n) is 8.14. The Labute approximate surface area is 140 Å². The van der Waals surface area contributed by atoms with Crippen molar-refractivity contribution >= 4 is 22.9 Å². The second kappa shape index (κ2) is 5.46. The molecule has 3 nitrogen and oxygen atoms in total. The van der Waals surface area contributed by atoms with E-state index in [0.717, 1.165) is 18.7 Å². The molecule has 3 heterocycles. The molecule has 1 aromatic carbocycles. The van der Waals surface area contributed by atoms with Crippen LogP contribution in [0.1, 0.15) is 47.1 Å². The van der Waals surface area contributed by atoms with Crippen molar-refractivity contribution < 1.29 is 9.53 Å². The van der Waals surface area contributed by atoms with Gasteiger partial charge in [0, 0.05) is 29.9 Å². The Morgan fingerprint density at radius 3 is 2.87 bits per heavy atom. The van der Waals surface area contributed by atoms with Crippen LogP contribution < -0.4 is 4.90 Å². The van der Waals surface area contributed by atoms with Crippen LogP contribution in [0.15, 0.2) is 29.6 Å². The SMILES string of the molecule is CC(=O)N1c2cc(C)cc(C)c2[C@H]2OCC[C@@H]2[C@@H]1c1cccs1. The summed E-state index contributed by atoms with van der Waals surface area (Å²) in [6.07, 6.45) is 1.11. The summed E-state index contributed by atoms with van der Waals surface area (Å²) in [6.45, 7) is 6.68. The van der Waals surface area contributed by atoms with Crippen molar-refractivity contribution in [1.82, 2.24) is 0 Å². The van der Waals surface area contributed by atoms with Gasteiger partial charge >= 0.3 is 0 Å². The summed E-state index contributed by atoms with van der Waals surface area (Å²) in [5.74, 6) is 0.450. The van der Waals surface area contributed by atoms with Gasteiger partial charge in [0.2, 0.25) is 5.91 Å². The van der Waals surface area contributed by atoms with E-state index in [4.69, 9.17) is 4.74 Å². The number of thiophene rings is 1. The standard InChI is InChI=1S/C19H21NO2S/c1-11-9-12(2)17-15(10-11)20(13(3)21)18(16-5-4-8-23-16)14-6-7-22-19(14)17/h4-5,8-10,14,18-19H,6-7H2,1-3H3/t14-,18-,19+/m1/s1. The van der Waals surface area contributed by atoms with E-state index in [1.54, 1.807) is 18.3 Å². The van der Waals surface area contributed by atoms with Gasteiger partial charge in [0.25, 0.3) is 0 Å². The lowest BCUT2D eigenvalue weighted by Crippen LogP contribution is -2.42. The number of anilines is 1. The fourth-order valence-corrected chi connectivity index (χ4v) is 5.15. The van der Waals surface area contributed by atoms with Crippen molar-refractivity contribution in [3.63, 3.8) is 0 Å². The topological polar surface area (TPSA) is 29.5 Å². The molecule has 0 radical (unpaired) electrons. The molecular weight excluding hydrogens is 306 g/mol. The largest absolute Gasteiger partial charge is 0.373 e. The molecule has 2 aliphatic heterocycles. The van der Waals surface area contributed by atoms with Crippen LogP contribution >= 0.6 is 11.3 Å². The fraction of sp³-hybridized carbons (Fsp3) is 0.421. The lowest BCUT2D eigenvalue weighted by Gasteiger charge is -2.43. The molecule has 0 saturated carbocycles. The molecule has 0 unspecified atom stereocenters. The minimum absolute atomic E-state index is 0.0914. The summed E-state index contributed by atoms with van der Waals surface area (Å²) < 4.78 is 6.13. The molecule has 1 fully saturated rings. The van der Waals surface area contributed by atoms with Gasteiger partial charge in [-0.05, 0) is 48.9 Å². The first kappa shape index (κ1) is 14.9. The number of amides is 1. The van der Waals surface area contributed by atoms with E-state index in [1.165, 1.54) is 21.6 Å². The molecule has 0 spiro atoms. The van der Waals surface area contributed by atoms with E-state index in [9.17, 15) is 4.79 Å². The molecule has 1 aromatic heterocycles. The van der Waals surface area contributed by atoms with Crippen molar-refractivity contribution in [1.29, 1.82) is 0 Å². The van der Waals surface area contributed by atoms with E-state index in [-0.39, 0.29) is 18.1 Å². The van der Waals surface area contributed by atoms with Crippen LogP contribution in [0.4, 0.5) is 5.69 Å². The summed E-state index contributed by atoms with van der Waals surface area (Å²) in [4.78, 5) is 15.8. The molecule has 0 aliphatic carbocycles. The molecule has 1 amide bonds. The molecule has 2 aliphatic rings. The third-order valence-electron chi connectivity index (χ3n) is 5.05. The van der Waals surface area contributed by atoms with Gasteiger partial charge < -0.3 is 9.64 Å². The van der Waals surface area contributed by atoms with Crippen molar-refractivity contribution in [2.75, 3.05) is 11.5 Å². The third-order valence-corrected chi connectivity index (χ3v) is 5.99. The average Bonchev–Trinajstić information content (AvgIpc) is 3.16. The van der Waals surface area contributed by atoms with E-state index >= 15 is 0 Å². The van der Waals surface area contributed by atoms with Crippen LogP contribution in [-0.2, 0) is 9.53 Å². The highest BCUT2D eigenvalue weighted by Gasteiger charge is 2.47. The van der Waals surface area contributed by atoms with Gasteiger partial charge in [0.05, 0.1) is 17.8 Å². The van der Waals surface area contributed by atoms with Crippen molar-refractivity contribution in [3.05, 3.63) is 51.2 Å². The van der Waals surface area contributed by atoms with Gasteiger partial charge in [0.15, 0.2) is 0 Å². The third kappa shape index (κ3) is 2.24. The van der Waals surface area contributed by atoms with Crippen LogP contribution in [0, 0.1) is 19.8 Å². The minimum atomic E-state index is 0.0914. The number of ether oxygens (including phenoxy) is 1. The molecule has 4 rings (SSSR count). The maximum atomic E-state index is 12.6. The summed E-state index contributed by atoms with van der Waals surface area (Å²) in [5.41, 5.74) is 4.67. The molecule has 3 atom stereocenters. The van der Waals surface area contributed by atoms with E-state index in [2.05, 4.69) is 43.5 Å². The zero-order valence-corrected chi connectivity index (χ0v) is 14.5. The normalized spacial score (nSPS) is 26.0. The predicted octanol–water partition coefficient (Wildman–Crippen LogP) is 4.55. The Kier molecular flexibility index (Phi) is 3.54. The fourth-order valence-electron chi connectivity index (χ4n) is 4.26. The zero-order chi connectivity index (χ0) is 16.1. The number of fused-ring (bicyclic) bond motifs is 3. The van der Waals surface area contributed by atoms with Crippen molar-refractivity contribution in [2.24, 2.45) is 5.92 Å². The highest BCUT2D eigenvalue weighted by molar-refractivity contribution is 7.10. The first-order valence-corrected chi connectivity index (χ1v) is 9.02. The van der Waals surface area contributed by atoms with Crippen molar-refractivity contribution in [3.8, 4) is 0 Å². The highest BCUT2D eigenvalue weighted by atomic mass is 32.1. The number of nitrogens with zero attached hydrogens (tertiary/aromatic N) is 1. The van der Waals surface area contributed by atoms with Crippen LogP contribution in [-0.4, -0.2) is 12.5 Å². The van der Waals surface area contributed by atoms with Gasteiger partial charge in [-0.1, -0.05) is 12.1 Å². The molecule has 23 heavy (non-hydrogen) atoms. The Morgan fingerprint density at radius 1 is 1.35 bits per heavy atom. The molecular formula is C19H21NO2S. The highest BCUT2D eigenvalue weighted by Crippen LogP contribution is 2.54. The van der Waals surface area contributed by atoms with Gasteiger partial charge in [-0.15, -0.1) is 11.3 Å². The number of rotatable bonds is 1. The maximum absolute atomic E-state index is 12.6. The van der Waals surface area contributed by atoms with E-state index < -0.39 is 0 Å². The summed E-state index contributed by atoms with van der Waals surface area (Å²) in [6, 6.07) is 8.65. The monoisotopic (exact) mass is 327 g/mol. The average molecular weight is 327 g/mol. The second-order valence-electron chi connectivity index (χ2n) is 6.61. The van der Waals surface area contributed by atoms with Crippen molar-refractivity contribution in [2.45, 2.75) is 39.3 Å². The Bertz CT molecular complexity index is 753. The summed E-state index contributed by atoms with van der Waals surface area (Å²) in [7, 11) is 0. The lowest BCUT2D eigenvalue weighted by molar-refractivity contribution is -0.117. The molecule has 0 N–H and O–H groups in total. The maximum Gasteiger partial charge on any atom is 0.224 e. The van der Waals surface area contributed by atoms with Crippen LogP contribution in [0.25, 0.3) is 0 Å². The van der Waals surface area contributed by atoms with Gasteiger partial charge in [-0.3, -0.25) is 4.79 Å². The number of aryl methyl sites for hydroxylation is 2. The van der Waals surface area contributed by atoms with Gasteiger partial charge in [-0.25, -0.2) is 0 Å².